The third kappa shape index (κ3) is 6.66. The molecule has 2 aromatic carbocycles. The quantitative estimate of drug-likeness (QED) is 0.403. The van der Waals surface area contributed by atoms with Gasteiger partial charge in [-0.15, -0.1) is 0 Å². The summed E-state index contributed by atoms with van der Waals surface area (Å²) >= 11 is 6.31. The molecule has 0 radical (unpaired) electrons. The molecule has 0 aliphatic carbocycles. The SMILES string of the molecule is CN(C/C=C/C(=O)O)CCCCN1c2ccccc2CCc2ccc(Cl)cc21.[LiH]. The van der Waals surface area contributed by atoms with Crippen molar-refractivity contribution in [2.75, 3.05) is 31.6 Å². The van der Waals surface area contributed by atoms with Crippen molar-refractivity contribution in [2.45, 2.75) is 25.7 Å². The van der Waals surface area contributed by atoms with Gasteiger partial charge in [0.25, 0.3) is 0 Å². The third-order valence-corrected chi connectivity index (χ3v) is 5.37. The second-order valence-corrected chi connectivity index (χ2v) is 7.70. The predicted molar refractivity (Wildman–Crippen MR) is 123 cm³/mol. The van der Waals surface area contributed by atoms with Gasteiger partial charge < -0.3 is 14.9 Å². The molecule has 0 unspecified atom stereocenters. The van der Waals surface area contributed by atoms with E-state index in [0.717, 1.165) is 43.8 Å². The molecule has 1 aliphatic heterocycles. The van der Waals surface area contributed by atoms with Crippen molar-refractivity contribution in [3.8, 4) is 0 Å². The zero-order valence-corrected chi connectivity index (χ0v) is 17.0. The molecular weight excluding hydrogens is 379 g/mol. The summed E-state index contributed by atoms with van der Waals surface area (Å²) in [6.07, 6.45) is 7.05. The number of unbranched alkanes of at least 4 members (excludes halogenated alkanes) is 1. The number of hydrogen-bond donors (Lipinski definition) is 1. The van der Waals surface area contributed by atoms with E-state index in [1.165, 1.54) is 28.6 Å². The van der Waals surface area contributed by atoms with Crippen molar-refractivity contribution in [1.29, 1.82) is 0 Å². The van der Waals surface area contributed by atoms with E-state index in [0.29, 0.717) is 6.54 Å². The Kier molecular flexibility index (Phi) is 9.33. The normalized spacial score (nSPS) is 13.0. The molecule has 0 saturated heterocycles. The minimum absolute atomic E-state index is 0. The van der Waals surface area contributed by atoms with Crippen LogP contribution in [0.15, 0.2) is 54.6 Å². The number of likely N-dealkylation sites (N-methyl/N-ethyl adjacent to an activating group) is 1. The Bertz CT molecular complexity index is 857. The van der Waals surface area contributed by atoms with E-state index in [-0.39, 0.29) is 18.9 Å². The van der Waals surface area contributed by atoms with Gasteiger partial charge in [-0.1, -0.05) is 41.9 Å². The molecule has 29 heavy (non-hydrogen) atoms. The monoisotopic (exact) mass is 406 g/mol. The fourth-order valence-corrected chi connectivity index (χ4v) is 3.87. The van der Waals surface area contributed by atoms with Gasteiger partial charge in [0.2, 0.25) is 0 Å². The van der Waals surface area contributed by atoms with Crippen LogP contribution in [0.5, 0.6) is 0 Å². The molecule has 4 nitrogen and oxygen atoms in total. The average molecular weight is 407 g/mol. The Morgan fingerprint density at radius 2 is 1.86 bits per heavy atom. The zero-order chi connectivity index (χ0) is 19.9. The zero-order valence-electron chi connectivity index (χ0n) is 16.3. The number of carbonyl (C=O) groups is 1. The number of anilines is 2. The van der Waals surface area contributed by atoms with Gasteiger partial charge in [0, 0.05) is 35.6 Å². The summed E-state index contributed by atoms with van der Waals surface area (Å²) in [4.78, 5) is 15.1. The molecule has 0 fully saturated rings. The Labute approximate surface area is 190 Å². The van der Waals surface area contributed by atoms with Crippen LogP contribution in [0.3, 0.4) is 0 Å². The van der Waals surface area contributed by atoms with Crippen LogP contribution >= 0.6 is 11.6 Å². The van der Waals surface area contributed by atoms with Crippen LogP contribution in [0.1, 0.15) is 24.0 Å². The fourth-order valence-electron chi connectivity index (χ4n) is 3.70. The second-order valence-electron chi connectivity index (χ2n) is 7.26. The molecule has 6 heteroatoms. The molecular formula is C23H28ClLiN2O2. The number of rotatable bonds is 8. The minimum atomic E-state index is -0.898. The number of carboxylic acid groups (broad SMARTS) is 1. The van der Waals surface area contributed by atoms with Crippen molar-refractivity contribution in [2.24, 2.45) is 0 Å². The van der Waals surface area contributed by atoms with Gasteiger partial charge in [-0.05, 0) is 68.6 Å². The van der Waals surface area contributed by atoms with Crippen molar-refractivity contribution in [3.05, 3.63) is 70.8 Å². The van der Waals surface area contributed by atoms with Gasteiger partial charge in [-0.3, -0.25) is 0 Å². The molecule has 1 heterocycles. The van der Waals surface area contributed by atoms with Crippen LogP contribution in [-0.4, -0.2) is 61.5 Å². The summed E-state index contributed by atoms with van der Waals surface area (Å²) in [6.45, 7) is 2.52. The third-order valence-electron chi connectivity index (χ3n) is 5.13. The summed E-state index contributed by atoms with van der Waals surface area (Å²) in [5.74, 6) is -0.898. The van der Waals surface area contributed by atoms with Crippen LogP contribution in [0, 0.1) is 0 Å². The number of halogens is 1. The first-order chi connectivity index (χ1) is 13.5. The van der Waals surface area contributed by atoms with E-state index in [9.17, 15) is 4.79 Å². The molecule has 0 atom stereocenters. The number of aliphatic carboxylic acids is 1. The van der Waals surface area contributed by atoms with E-state index in [1.807, 2.05) is 13.1 Å². The van der Waals surface area contributed by atoms with Gasteiger partial charge in [0.05, 0.1) is 0 Å². The molecule has 3 rings (SSSR count). The van der Waals surface area contributed by atoms with E-state index < -0.39 is 5.97 Å². The van der Waals surface area contributed by atoms with E-state index in [1.54, 1.807) is 6.08 Å². The number of fused-ring (bicyclic) bond motifs is 2. The number of aryl methyl sites for hydroxylation is 2. The molecule has 150 valence electrons. The first kappa shape index (κ1) is 23.6. The number of hydrogen-bond acceptors (Lipinski definition) is 3. The van der Waals surface area contributed by atoms with Crippen molar-refractivity contribution < 1.29 is 9.90 Å². The Morgan fingerprint density at radius 3 is 2.62 bits per heavy atom. The number of carboxylic acids is 1. The predicted octanol–water partition coefficient (Wildman–Crippen LogP) is 4.28. The average Bonchev–Trinajstić information content (AvgIpc) is 2.82. The summed E-state index contributed by atoms with van der Waals surface area (Å²) in [7, 11) is 2.02. The van der Waals surface area contributed by atoms with E-state index >= 15 is 0 Å². The maximum absolute atomic E-state index is 10.5. The van der Waals surface area contributed by atoms with Gasteiger partial charge in [0.15, 0.2) is 0 Å². The molecule has 0 saturated carbocycles. The summed E-state index contributed by atoms with van der Waals surface area (Å²) < 4.78 is 0. The molecule has 1 N–H and O–H groups in total. The molecule has 2 aromatic rings. The van der Waals surface area contributed by atoms with Crippen LogP contribution in [-0.2, 0) is 17.6 Å². The van der Waals surface area contributed by atoms with Crippen LogP contribution in [0.2, 0.25) is 5.02 Å². The van der Waals surface area contributed by atoms with Crippen molar-refractivity contribution in [3.63, 3.8) is 0 Å². The first-order valence-electron chi connectivity index (χ1n) is 9.76. The summed E-state index contributed by atoms with van der Waals surface area (Å²) in [5.41, 5.74) is 5.22. The summed E-state index contributed by atoms with van der Waals surface area (Å²) in [5, 5.41) is 9.44. The molecule has 0 bridgehead atoms. The van der Waals surface area contributed by atoms with Crippen LogP contribution in [0.25, 0.3) is 0 Å². The first-order valence-corrected chi connectivity index (χ1v) is 10.1. The molecule has 0 amide bonds. The van der Waals surface area contributed by atoms with E-state index in [2.05, 4.69) is 46.2 Å². The van der Waals surface area contributed by atoms with Crippen molar-refractivity contribution >= 4 is 47.8 Å². The molecule has 0 spiro atoms. The maximum atomic E-state index is 10.5. The van der Waals surface area contributed by atoms with Gasteiger partial charge in [0.1, 0.15) is 0 Å². The second kappa shape index (κ2) is 11.5. The van der Waals surface area contributed by atoms with Gasteiger partial charge in [-0.2, -0.15) is 0 Å². The van der Waals surface area contributed by atoms with E-state index in [4.69, 9.17) is 16.7 Å². The molecule has 1 aliphatic rings. The van der Waals surface area contributed by atoms with Crippen LogP contribution < -0.4 is 4.90 Å². The standard InChI is InChI=1S/C23H27ClN2O2.Li.H/c1-25(15-6-9-23(27)28)14-4-5-16-26-21-8-3-2-7-18(21)10-11-19-12-13-20(24)17-22(19)26;;/h2-3,6-9,12-13,17H,4-5,10-11,14-16H2,1H3,(H,27,28);;/b9-6+;;. The van der Waals surface area contributed by atoms with Gasteiger partial charge in [-0.25, -0.2) is 4.79 Å². The van der Waals surface area contributed by atoms with Crippen molar-refractivity contribution in [1.82, 2.24) is 4.90 Å². The Morgan fingerprint density at radius 1 is 1.14 bits per heavy atom. The Balaban J connectivity index is 0.00000300. The Hall–Kier alpha value is -1.70. The number of benzene rings is 2. The fraction of sp³-hybridized carbons (Fsp3) is 0.348. The summed E-state index contributed by atoms with van der Waals surface area (Å²) in [6, 6.07) is 14.9. The number of nitrogens with zero attached hydrogens (tertiary/aromatic N) is 2. The topological polar surface area (TPSA) is 43.8 Å². The van der Waals surface area contributed by atoms with Gasteiger partial charge >= 0.3 is 24.8 Å². The van der Waals surface area contributed by atoms with Crippen LogP contribution in [0.4, 0.5) is 11.4 Å². The number of para-hydroxylation sites is 1. The molecule has 0 aromatic heterocycles.